The van der Waals surface area contributed by atoms with Crippen molar-refractivity contribution >= 4 is 0 Å². The lowest BCUT2D eigenvalue weighted by atomic mass is 9.89. The minimum absolute atomic E-state index is 0.372. The van der Waals surface area contributed by atoms with Gasteiger partial charge in [-0.1, -0.05) is 117 Å². The molecule has 0 aromatic rings. The second kappa shape index (κ2) is 16.8. The summed E-state index contributed by atoms with van der Waals surface area (Å²) in [5.41, 5.74) is 0.527. The third-order valence-electron chi connectivity index (χ3n) is 4.83. The first kappa shape index (κ1) is 23.0. The molecule has 140 valence electrons. The molecule has 0 aliphatic heterocycles. The third-order valence-corrected chi connectivity index (χ3v) is 4.83. The Balaban J connectivity index is 3.00. The van der Waals surface area contributed by atoms with Gasteiger partial charge in [-0.3, -0.25) is 0 Å². The number of aliphatic hydroxyl groups excluding tert-OH is 1. The van der Waals surface area contributed by atoms with E-state index >= 15 is 0 Å². The van der Waals surface area contributed by atoms with Crippen molar-refractivity contribution in [1.82, 2.24) is 0 Å². The number of unbranched alkanes of at least 4 members (excludes halogenated alkanes) is 15. The van der Waals surface area contributed by atoms with Gasteiger partial charge >= 0.3 is 0 Å². The van der Waals surface area contributed by atoms with Crippen LogP contribution < -0.4 is 0 Å². The molecule has 0 amide bonds. The van der Waals surface area contributed by atoms with Crippen LogP contribution in [0.2, 0.25) is 0 Å². The molecule has 1 N–H and O–H groups in total. The lowest BCUT2D eigenvalue weighted by Gasteiger charge is -2.17. The monoisotopic (exact) mass is 326 g/mol. The standard InChI is InChI=1S/C22H46O/c1-22(2,3)20-18-16-14-12-10-8-6-4-5-7-9-11-13-15-17-19-21-23/h23H,4-21H2,1-3H3. The van der Waals surface area contributed by atoms with E-state index in [0.717, 1.165) is 6.42 Å². The molecule has 0 radical (unpaired) electrons. The Labute approximate surface area is 147 Å². The average Bonchev–Trinajstić information content (AvgIpc) is 2.49. The highest BCUT2D eigenvalue weighted by Crippen LogP contribution is 2.22. The van der Waals surface area contributed by atoms with Gasteiger partial charge in [0.25, 0.3) is 0 Å². The molecule has 0 aliphatic rings. The summed E-state index contributed by atoms with van der Waals surface area (Å²) in [7, 11) is 0. The summed E-state index contributed by atoms with van der Waals surface area (Å²) in [6.45, 7) is 7.43. The second-order valence-electron chi connectivity index (χ2n) is 8.69. The van der Waals surface area contributed by atoms with Crippen LogP contribution in [0.1, 0.15) is 130 Å². The van der Waals surface area contributed by atoms with Crippen LogP contribution in [0.25, 0.3) is 0 Å². The summed E-state index contributed by atoms with van der Waals surface area (Å²) in [6.07, 6.45) is 23.6. The zero-order chi connectivity index (χ0) is 17.2. The zero-order valence-electron chi connectivity index (χ0n) is 16.7. The fraction of sp³-hybridized carbons (Fsp3) is 1.00. The Morgan fingerprint density at radius 1 is 0.435 bits per heavy atom. The van der Waals surface area contributed by atoms with E-state index in [2.05, 4.69) is 20.8 Å². The maximum absolute atomic E-state index is 8.71. The van der Waals surface area contributed by atoms with Crippen LogP contribution in [0.4, 0.5) is 0 Å². The lowest BCUT2D eigenvalue weighted by Crippen LogP contribution is -2.03. The molecule has 0 aromatic carbocycles. The molecule has 0 unspecified atom stereocenters. The average molecular weight is 327 g/mol. The number of hydrogen-bond acceptors (Lipinski definition) is 1. The van der Waals surface area contributed by atoms with Gasteiger partial charge < -0.3 is 5.11 Å². The first-order chi connectivity index (χ1) is 11.1. The third kappa shape index (κ3) is 22.0. The molecule has 0 rings (SSSR count). The van der Waals surface area contributed by atoms with Crippen molar-refractivity contribution in [3.05, 3.63) is 0 Å². The van der Waals surface area contributed by atoms with Gasteiger partial charge in [-0.25, -0.2) is 0 Å². The van der Waals surface area contributed by atoms with Gasteiger partial charge in [-0.2, -0.15) is 0 Å². The van der Waals surface area contributed by atoms with Gasteiger partial charge in [0, 0.05) is 6.61 Å². The molecular weight excluding hydrogens is 280 g/mol. The predicted molar refractivity (Wildman–Crippen MR) is 105 cm³/mol. The smallest absolute Gasteiger partial charge is 0.0431 e. The highest BCUT2D eigenvalue weighted by Gasteiger charge is 2.08. The van der Waals surface area contributed by atoms with Crippen LogP contribution in [-0.2, 0) is 0 Å². The van der Waals surface area contributed by atoms with E-state index in [9.17, 15) is 0 Å². The Morgan fingerprint density at radius 2 is 0.696 bits per heavy atom. The fourth-order valence-corrected chi connectivity index (χ4v) is 3.24. The summed E-state index contributed by atoms with van der Waals surface area (Å²) in [4.78, 5) is 0. The van der Waals surface area contributed by atoms with Gasteiger partial charge in [0.05, 0.1) is 0 Å². The summed E-state index contributed by atoms with van der Waals surface area (Å²) in [6, 6.07) is 0. The molecule has 23 heavy (non-hydrogen) atoms. The summed E-state index contributed by atoms with van der Waals surface area (Å²) in [5, 5.41) is 8.71. The zero-order valence-corrected chi connectivity index (χ0v) is 16.7. The predicted octanol–water partition coefficient (Wildman–Crippen LogP) is 7.66. The molecule has 0 aromatic heterocycles. The van der Waals surface area contributed by atoms with Gasteiger partial charge in [-0.05, 0) is 18.3 Å². The van der Waals surface area contributed by atoms with Gasteiger partial charge in [0.15, 0.2) is 0 Å². The minimum Gasteiger partial charge on any atom is -0.396 e. The first-order valence-corrected chi connectivity index (χ1v) is 10.7. The molecule has 0 aliphatic carbocycles. The van der Waals surface area contributed by atoms with E-state index in [1.165, 1.54) is 103 Å². The Kier molecular flexibility index (Phi) is 16.8. The quantitative estimate of drug-likeness (QED) is 0.272. The van der Waals surface area contributed by atoms with Crippen molar-refractivity contribution in [1.29, 1.82) is 0 Å². The molecule has 1 nitrogen and oxygen atoms in total. The van der Waals surface area contributed by atoms with Crippen molar-refractivity contribution in [2.75, 3.05) is 6.61 Å². The number of rotatable bonds is 17. The van der Waals surface area contributed by atoms with Crippen molar-refractivity contribution in [2.45, 2.75) is 130 Å². The highest BCUT2D eigenvalue weighted by atomic mass is 16.2. The maximum atomic E-state index is 8.71. The maximum Gasteiger partial charge on any atom is 0.0431 e. The molecular formula is C22H46O. The van der Waals surface area contributed by atoms with E-state index in [-0.39, 0.29) is 0 Å². The van der Waals surface area contributed by atoms with Gasteiger partial charge in [0.1, 0.15) is 0 Å². The SMILES string of the molecule is CC(C)(C)CCCCCCCCCCCCCCCCCCO. The molecule has 0 saturated heterocycles. The van der Waals surface area contributed by atoms with E-state index in [0.29, 0.717) is 12.0 Å². The van der Waals surface area contributed by atoms with Crippen molar-refractivity contribution < 1.29 is 5.11 Å². The van der Waals surface area contributed by atoms with E-state index in [1.807, 2.05) is 0 Å². The van der Waals surface area contributed by atoms with Gasteiger partial charge in [0.2, 0.25) is 0 Å². The Hall–Kier alpha value is -0.0400. The number of aliphatic hydroxyl groups is 1. The van der Waals surface area contributed by atoms with E-state index in [1.54, 1.807) is 0 Å². The molecule has 0 atom stereocenters. The summed E-state index contributed by atoms with van der Waals surface area (Å²) in [5.74, 6) is 0. The normalized spacial score (nSPS) is 12.0. The van der Waals surface area contributed by atoms with E-state index in [4.69, 9.17) is 5.11 Å². The second-order valence-corrected chi connectivity index (χ2v) is 8.69. The molecule has 0 saturated carbocycles. The largest absolute Gasteiger partial charge is 0.396 e. The molecule has 0 heterocycles. The lowest BCUT2D eigenvalue weighted by molar-refractivity contribution is 0.282. The Bertz CT molecular complexity index is 217. The fourth-order valence-electron chi connectivity index (χ4n) is 3.24. The van der Waals surface area contributed by atoms with Crippen molar-refractivity contribution in [3.8, 4) is 0 Å². The van der Waals surface area contributed by atoms with E-state index < -0.39 is 0 Å². The summed E-state index contributed by atoms with van der Waals surface area (Å²) >= 11 is 0. The van der Waals surface area contributed by atoms with Crippen molar-refractivity contribution in [3.63, 3.8) is 0 Å². The van der Waals surface area contributed by atoms with Crippen LogP contribution >= 0.6 is 0 Å². The first-order valence-electron chi connectivity index (χ1n) is 10.7. The van der Waals surface area contributed by atoms with Crippen molar-refractivity contribution in [2.24, 2.45) is 5.41 Å². The molecule has 0 fully saturated rings. The van der Waals surface area contributed by atoms with Crippen LogP contribution in [0.3, 0.4) is 0 Å². The van der Waals surface area contributed by atoms with Gasteiger partial charge in [-0.15, -0.1) is 0 Å². The highest BCUT2D eigenvalue weighted by molar-refractivity contribution is 4.61. The minimum atomic E-state index is 0.372. The Morgan fingerprint density at radius 3 is 0.957 bits per heavy atom. The molecule has 0 bridgehead atoms. The van der Waals surface area contributed by atoms with Crippen LogP contribution in [0.15, 0.2) is 0 Å². The van der Waals surface area contributed by atoms with Crippen LogP contribution in [0.5, 0.6) is 0 Å². The topological polar surface area (TPSA) is 20.2 Å². The summed E-state index contributed by atoms with van der Waals surface area (Å²) < 4.78 is 0. The molecule has 1 heteroatoms. The number of hydrogen-bond donors (Lipinski definition) is 1. The van der Waals surface area contributed by atoms with Crippen LogP contribution in [0, 0.1) is 5.41 Å². The van der Waals surface area contributed by atoms with Crippen LogP contribution in [-0.4, -0.2) is 11.7 Å². The molecule has 0 spiro atoms.